The molecular weight excluding hydrogens is 261 g/mol. The summed E-state index contributed by atoms with van der Waals surface area (Å²) in [5.74, 6) is -0.348. The molecule has 0 aromatic heterocycles. The van der Waals surface area contributed by atoms with Crippen molar-refractivity contribution < 1.29 is 9.18 Å². The lowest BCUT2D eigenvalue weighted by Gasteiger charge is -2.28. The third kappa shape index (κ3) is 1.91. The summed E-state index contributed by atoms with van der Waals surface area (Å²) in [4.78, 5) is 13.0. The van der Waals surface area contributed by atoms with E-state index >= 15 is 0 Å². The molecule has 0 spiro atoms. The summed E-state index contributed by atoms with van der Waals surface area (Å²) >= 11 is 3.15. The first-order valence-electron chi connectivity index (χ1n) is 4.85. The number of amides is 1. The summed E-state index contributed by atoms with van der Waals surface area (Å²) in [6.07, 6.45) is 1.84. The predicted molar refractivity (Wildman–Crippen MR) is 60.4 cm³/mol. The lowest BCUT2D eigenvalue weighted by atomic mass is 10.0. The van der Waals surface area contributed by atoms with E-state index < -0.39 is 0 Å². The molecule has 0 unspecified atom stereocenters. The summed E-state index contributed by atoms with van der Waals surface area (Å²) in [7, 11) is 0. The van der Waals surface area contributed by atoms with Gasteiger partial charge < -0.3 is 4.90 Å². The second-order valence-corrected chi connectivity index (χ2v) is 4.52. The second kappa shape index (κ2) is 3.93. The predicted octanol–water partition coefficient (Wildman–Crippen LogP) is 2.89. The molecule has 0 radical (unpaired) electrons. The highest BCUT2D eigenvalue weighted by Crippen LogP contribution is 2.31. The molecule has 0 saturated heterocycles. The van der Waals surface area contributed by atoms with Gasteiger partial charge in [-0.2, -0.15) is 0 Å². The molecule has 4 heteroatoms. The average Bonchev–Trinajstić information content (AvgIpc) is 2.18. The fourth-order valence-corrected chi connectivity index (χ4v) is 2.29. The molecule has 1 aliphatic heterocycles. The summed E-state index contributed by atoms with van der Waals surface area (Å²) in [5, 5.41) is 0. The number of anilines is 1. The molecule has 0 saturated carbocycles. The highest BCUT2D eigenvalue weighted by atomic mass is 79.9. The van der Waals surface area contributed by atoms with Crippen LogP contribution in [0.15, 0.2) is 16.6 Å². The fraction of sp³-hybridized carbons (Fsp3) is 0.364. The van der Waals surface area contributed by atoms with E-state index in [1.165, 1.54) is 13.0 Å². The van der Waals surface area contributed by atoms with Crippen LogP contribution in [0.3, 0.4) is 0 Å². The maximum atomic E-state index is 13.4. The van der Waals surface area contributed by atoms with Crippen LogP contribution in [0, 0.1) is 5.82 Å². The van der Waals surface area contributed by atoms with Crippen molar-refractivity contribution in [2.75, 3.05) is 11.4 Å². The van der Waals surface area contributed by atoms with Crippen LogP contribution in [0.5, 0.6) is 0 Å². The minimum atomic E-state index is -0.318. The van der Waals surface area contributed by atoms with E-state index in [1.54, 1.807) is 11.0 Å². The molecule has 1 aliphatic rings. The summed E-state index contributed by atoms with van der Waals surface area (Å²) in [6.45, 7) is 2.19. The van der Waals surface area contributed by atoms with Crippen molar-refractivity contribution in [3.05, 3.63) is 28.0 Å². The van der Waals surface area contributed by atoms with E-state index in [0.717, 1.165) is 24.1 Å². The molecule has 0 bridgehead atoms. The number of carbonyl (C=O) groups excluding carboxylic acids is 1. The zero-order valence-electron chi connectivity index (χ0n) is 8.39. The van der Waals surface area contributed by atoms with Gasteiger partial charge in [0.2, 0.25) is 5.91 Å². The van der Waals surface area contributed by atoms with Crippen molar-refractivity contribution in [1.82, 2.24) is 0 Å². The van der Waals surface area contributed by atoms with Crippen LogP contribution in [-0.4, -0.2) is 12.5 Å². The van der Waals surface area contributed by atoms with Gasteiger partial charge in [0, 0.05) is 19.2 Å². The second-order valence-electron chi connectivity index (χ2n) is 3.67. The summed E-state index contributed by atoms with van der Waals surface area (Å²) in [6, 6.07) is 3.19. The van der Waals surface area contributed by atoms with Crippen molar-refractivity contribution in [2.45, 2.75) is 19.8 Å². The van der Waals surface area contributed by atoms with Crippen molar-refractivity contribution >= 4 is 27.5 Å². The SMILES string of the molecule is CC(=O)N1CCCc2cc(Br)c(F)cc21. The van der Waals surface area contributed by atoms with Crippen molar-refractivity contribution in [3.63, 3.8) is 0 Å². The number of halogens is 2. The van der Waals surface area contributed by atoms with E-state index in [9.17, 15) is 9.18 Å². The molecule has 0 atom stereocenters. The van der Waals surface area contributed by atoms with Crippen LogP contribution in [0.25, 0.3) is 0 Å². The Balaban J connectivity index is 2.51. The van der Waals surface area contributed by atoms with Crippen molar-refractivity contribution in [2.24, 2.45) is 0 Å². The number of rotatable bonds is 0. The van der Waals surface area contributed by atoms with Crippen LogP contribution in [-0.2, 0) is 11.2 Å². The van der Waals surface area contributed by atoms with Gasteiger partial charge in [-0.25, -0.2) is 4.39 Å². The Morgan fingerprint density at radius 2 is 2.27 bits per heavy atom. The number of fused-ring (bicyclic) bond motifs is 1. The van der Waals surface area contributed by atoms with Gasteiger partial charge in [-0.05, 0) is 46.5 Å². The molecule has 0 aliphatic carbocycles. The first-order valence-corrected chi connectivity index (χ1v) is 5.65. The number of hydrogen-bond donors (Lipinski definition) is 0. The van der Waals surface area contributed by atoms with Crippen LogP contribution in [0.2, 0.25) is 0 Å². The Morgan fingerprint density at radius 3 is 2.93 bits per heavy atom. The number of aryl methyl sites for hydroxylation is 1. The van der Waals surface area contributed by atoms with Gasteiger partial charge in [-0.3, -0.25) is 4.79 Å². The first kappa shape index (κ1) is 10.6. The lowest BCUT2D eigenvalue weighted by Crippen LogP contribution is -2.33. The van der Waals surface area contributed by atoms with Crippen LogP contribution in [0.4, 0.5) is 10.1 Å². The Labute approximate surface area is 96.2 Å². The van der Waals surface area contributed by atoms with Crippen molar-refractivity contribution in [1.29, 1.82) is 0 Å². The molecule has 15 heavy (non-hydrogen) atoms. The molecule has 0 N–H and O–H groups in total. The molecule has 1 amide bonds. The monoisotopic (exact) mass is 271 g/mol. The van der Waals surface area contributed by atoms with Gasteiger partial charge in [0.1, 0.15) is 5.82 Å². The number of carbonyl (C=O) groups is 1. The van der Waals surface area contributed by atoms with E-state index in [0.29, 0.717) is 11.0 Å². The maximum Gasteiger partial charge on any atom is 0.223 e. The minimum absolute atomic E-state index is 0.0299. The third-order valence-corrected chi connectivity index (χ3v) is 3.23. The van der Waals surface area contributed by atoms with Crippen LogP contribution in [0.1, 0.15) is 18.9 Å². The molecule has 2 nitrogen and oxygen atoms in total. The van der Waals surface area contributed by atoms with Gasteiger partial charge in [0.25, 0.3) is 0 Å². The zero-order valence-corrected chi connectivity index (χ0v) is 9.97. The molecular formula is C11H11BrFNO. The lowest BCUT2D eigenvalue weighted by molar-refractivity contribution is -0.116. The van der Waals surface area contributed by atoms with Gasteiger partial charge in [0.15, 0.2) is 0 Å². The normalized spacial score (nSPS) is 15.0. The first-order chi connectivity index (χ1) is 7.09. The van der Waals surface area contributed by atoms with Gasteiger partial charge in [-0.15, -0.1) is 0 Å². The van der Waals surface area contributed by atoms with Crippen molar-refractivity contribution in [3.8, 4) is 0 Å². The summed E-state index contributed by atoms with van der Waals surface area (Å²) in [5.41, 5.74) is 1.75. The standard InChI is InChI=1S/C11H11BrFNO/c1-7(15)14-4-2-3-8-5-9(12)10(13)6-11(8)14/h5-6H,2-4H2,1H3. The van der Waals surface area contributed by atoms with Crippen LogP contribution < -0.4 is 4.90 Å². The molecule has 1 heterocycles. The van der Waals surface area contributed by atoms with Gasteiger partial charge in [-0.1, -0.05) is 0 Å². The quantitative estimate of drug-likeness (QED) is 0.711. The Hall–Kier alpha value is -0.900. The summed E-state index contributed by atoms with van der Waals surface area (Å²) < 4.78 is 13.8. The molecule has 2 rings (SSSR count). The fourth-order valence-electron chi connectivity index (χ4n) is 1.90. The smallest absolute Gasteiger partial charge is 0.223 e. The molecule has 0 fully saturated rings. The van der Waals surface area contributed by atoms with Gasteiger partial charge >= 0.3 is 0 Å². The topological polar surface area (TPSA) is 20.3 Å². The van der Waals surface area contributed by atoms with Gasteiger partial charge in [0.05, 0.1) is 4.47 Å². The average molecular weight is 272 g/mol. The number of benzene rings is 1. The van der Waals surface area contributed by atoms with E-state index in [4.69, 9.17) is 0 Å². The molecule has 80 valence electrons. The zero-order chi connectivity index (χ0) is 11.0. The maximum absolute atomic E-state index is 13.4. The van der Waals surface area contributed by atoms with Crippen LogP contribution >= 0.6 is 15.9 Å². The highest BCUT2D eigenvalue weighted by Gasteiger charge is 2.21. The Morgan fingerprint density at radius 1 is 1.53 bits per heavy atom. The Kier molecular flexibility index (Phi) is 2.78. The molecule has 1 aromatic carbocycles. The third-order valence-electron chi connectivity index (χ3n) is 2.62. The number of nitrogens with zero attached hydrogens (tertiary/aromatic N) is 1. The Bertz CT molecular complexity index is 419. The highest BCUT2D eigenvalue weighted by molar-refractivity contribution is 9.10. The minimum Gasteiger partial charge on any atom is -0.312 e. The van der Waals surface area contributed by atoms with E-state index in [2.05, 4.69) is 15.9 Å². The van der Waals surface area contributed by atoms with E-state index in [-0.39, 0.29) is 11.7 Å². The van der Waals surface area contributed by atoms with E-state index in [1.807, 2.05) is 0 Å². The number of hydrogen-bond acceptors (Lipinski definition) is 1. The largest absolute Gasteiger partial charge is 0.312 e. The molecule has 1 aromatic rings.